The van der Waals surface area contributed by atoms with Crippen molar-refractivity contribution in [3.05, 3.63) is 64.1 Å². The fourth-order valence-corrected chi connectivity index (χ4v) is 1.85. The molecule has 0 aliphatic carbocycles. The van der Waals surface area contributed by atoms with Gasteiger partial charge in [-0.25, -0.2) is 0 Å². The van der Waals surface area contributed by atoms with Crippen LogP contribution in [0, 0.1) is 0 Å². The molecule has 3 N–H and O–H groups in total. The summed E-state index contributed by atoms with van der Waals surface area (Å²) in [7, 11) is 0. The maximum absolute atomic E-state index is 12.0. The van der Waals surface area contributed by atoms with E-state index < -0.39 is 17.4 Å². The van der Waals surface area contributed by atoms with E-state index in [1.54, 1.807) is 30.3 Å². The Hall–Kier alpha value is -2.89. The van der Waals surface area contributed by atoms with E-state index in [1.807, 2.05) is 0 Å². The summed E-state index contributed by atoms with van der Waals surface area (Å²) in [6.07, 6.45) is 1.85. The number of rotatable bonds is 5. The average Bonchev–Trinajstić information content (AvgIpc) is 2.46. The molecule has 2 rings (SSSR count). The van der Waals surface area contributed by atoms with Gasteiger partial charge in [-0.1, -0.05) is 12.1 Å². The lowest BCUT2D eigenvalue weighted by Crippen LogP contribution is -2.22. The Kier molecular flexibility index (Phi) is 4.50. The van der Waals surface area contributed by atoms with Crippen LogP contribution in [0.15, 0.2) is 47.4 Å². The van der Waals surface area contributed by atoms with Crippen LogP contribution in [-0.4, -0.2) is 22.0 Å². The molecule has 108 valence electrons. The highest BCUT2D eigenvalue weighted by atomic mass is 16.4. The molecule has 0 bridgehead atoms. The first-order valence-corrected chi connectivity index (χ1v) is 6.36. The predicted molar refractivity (Wildman–Crippen MR) is 77.4 cm³/mol. The number of aromatic nitrogens is 1. The lowest BCUT2D eigenvalue weighted by molar-refractivity contribution is -0.136. The van der Waals surface area contributed by atoms with Crippen LogP contribution < -0.4 is 10.9 Å². The summed E-state index contributed by atoms with van der Waals surface area (Å²) in [4.78, 5) is 36.5. The Morgan fingerprint density at radius 1 is 1.19 bits per heavy atom. The van der Waals surface area contributed by atoms with E-state index in [-0.39, 0.29) is 12.0 Å². The number of hydrogen-bond donors (Lipinski definition) is 3. The first-order chi connectivity index (χ1) is 10.1. The molecule has 0 unspecified atom stereocenters. The first-order valence-electron chi connectivity index (χ1n) is 6.36. The quantitative estimate of drug-likeness (QED) is 0.778. The summed E-state index contributed by atoms with van der Waals surface area (Å²) >= 11 is 0. The van der Waals surface area contributed by atoms with E-state index in [4.69, 9.17) is 5.11 Å². The fraction of sp³-hybridized carbons (Fsp3) is 0.133. The van der Waals surface area contributed by atoms with Gasteiger partial charge in [0.2, 0.25) is 0 Å². The van der Waals surface area contributed by atoms with Crippen molar-refractivity contribution in [2.75, 3.05) is 5.32 Å². The van der Waals surface area contributed by atoms with Crippen molar-refractivity contribution in [1.29, 1.82) is 0 Å². The van der Waals surface area contributed by atoms with Crippen LogP contribution in [0.25, 0.3) is 0 Å². The van der Waals surface area contributed by atoms with Crippen molar-refractivity contribution in [2.45, 2.75) is 12.8 Å². The zero-order chi connectivity index (χ0) is 15.2. The van der Waals surface area contributed by atoms with Crippen LogP contribution >= 0.6 is 0 Å². The lowest BCUT2D eigenvalue weighted by Gasteiger charge is -2.06. The van der Waals surface area contributed by atoms with E-state index >= 15 is 0 Å². The van der Waals surface area contributed by atoms with E-state index in [0.29, 0.717) is 12.1 Å². The minimum Gasteiger partial charge on any atom is -0.481 e. The molecule has 2 aromatic rings. The number of benzene rings is 1. The molecule has 0 spiro atoms. The van der Waals surface area contributed by atoms with Crippen LogP contribution in [-0.2, 0) is 11.2 Å². The number of hydrogen-bond acceptors (Lipinski definition) is 3. The van der Waals surface area contributed by atoms with Gasteiger partial charge in [-0.3, -0.25) is 14.4 Å². The maximum Gasteiger partial charge on any atom is 0.303 e. The highest BCUT2D eigenvalue weighted by molar-refractivity contribution is 6.03. The molecule has 0 saturated carbocycles. The molecular formula is C15H14N2O4. The second kappa shape index (κ2) is 6.51. The molecule has 1 aromatic heterocycles. The number of nitrogens with one attached hydrogen (secondary N) is 2. The molecule has 1 heterocycles. The van der Waals surface area contributed by atoms with Crippen molar-refractivity contribution in [3.63, 3.8) is 0 Å². The van der Waals surface area contributed by atoms with Gasteiger partial charge in [0.25, 0.3) is 11.5 Å². The van der Waals surface area contributed by atoms with Crippen molar-refractivity contribution in [1.82, 2.24) is 4.98 Å². The van der Waals surface area contributed by atoms with Gasteiger partial charge in [0, 0.05) is 18.3 Å². The highest BCUT2D eigenvalue weighted by Crippen LogP contribution is 2.13. The zero-order valence-corrected chi connectivity index (χ0v) is 11.1. The molecular weight excluding hydrogens is 272 g/mol. The van der Waals surface area contributed by atoms with Gasteiger partial charge in [0.15, 0.2) is 0 Å². The monoisotopic (exact) mass is 286 g/mol. The van der Waals surface area contributed by atoms with Crippen LogP contribution in [0.3, 0.4) is 0 Å². The highest BCUT2D eigenvalue weighted by Gasteiger charge is 2.10. The second-order valence-corrected chi connectivity index (χ2v) is 4.46. The molecule has 0 saturated heterocycles. The molecule has 1 aromatic carbocycles. The largest absolute Gasteiger partial charge is 0.481 e. The number of H-pyrrole nitrogens is 1. The normalized spacial score (nSPS) is 10.1. The van der Waals surface area contributed by atoms with E-state index in [0.717, 1.165) is 5.56 Å². The Labute approximate surface area is 120 Å². The third-order valence-corrected chi connectivity index (χ3v) is 2.88. The minimum absolute atomic E-state index is 0.0217. The van der Waals surface area contributed by atoms with Crippen LogP contribution in [0.2, 0.25) is 0 Å². The number of pyridine rings is 1. The Morgan fingerprint density at radius 3 is 2.71 bits per heavy atom. The number of aromatic amines is 1. The van der Waals surface area contributed by atoms with Crippen LogP contribution in [0.1, 0.15) is 22.3 Å². The van der Waals surface area contributed by atoms with Crippen LogP contribution in [0.4, 0.5) is 5.69 Å². The number of carboxylic acid groups (broad SMARTS) is 1. The van der Waals surface area contributed by atoms with Gasteiger partial charge in [0.1, 0.15) is 5.56 Å². The summed E-state index contributed by atoms with van der Waals surface area (Å²) in [5.74, 6) is -1.38. The summed E-state index contributed by atoms with van der Waals surface area (Å²) < 4.78 is 0. The SMILES string of the molecule is O=C(O)CCc1cccc(NC(=O)c2ccc[nH]c2=O)c1. The predicted octanol–water partition coefficient (Wildman–Crippen LogP) is 1.64. The van der Waals surface area contributed by atoms with E-state index in [2.05, 4.69) is 10.3 Å². The minimum atomic E-state index is -0.875. The molecule has 0 aliphatic heterocycles. The Morgan fingerprint density at radius 2 is 2.00 bits per heavy atom. The smallest absolute Gasteiger partial charge is 0.303 e. The molecule has 0 fully saturated rings. The molecule has 6 nitrogen and oxygen atoms in total. The average molecular weight is 286 g/mol. The number of carboxylic acids is 1. The van der Waals surface area contributed by atoms with Gasteiger partial charge in [-0.15, -0.1) is 0 Å². The number of aliphatic carboxylic acids is 1. The third-order valence-electron chi connectivity index (χ3n) is 2.88. The number of anilines is 1. The first kappa shape index (κ1) is 14.5. The number of carbonyl (C=O) groups excluding carboxylic acids is 1. The zero-order valence-electron chi connectivity index (χ0n) is 11.1. The molecule has 1 amide bonds. The van der Waals surface area contributed by atoms with Crippen molar-refractivity contribution in [2.24, 2.45) is 0 Å². The van der Waals surface area contributed by atoms with Gasteiger partial charge in [0.05, 0.1) is 0 Å². The topological polar surface area (TPSA) is 99.3 Å². The number of aryl methyl sites for hydroxylation is 1. The van der Waals surface area contributed by atoms with Gasteiger partial charge >= 0.3 is 5.97 Å². The maximum atomic E-state index is 12.0. The van der Waals surface area contributed by atoms with Crippen LogP contribution in [0.5, 0.6) is 0 Å². The van der Waals surface area contributed by atoms with E-state index in [1.165, 1.54) is 12.3 Å². The Balaban J connectivity index is 2.11. The molecule has 21 heavy (non-hydrogen) atoms. The summed E-state index contributed by atoms with van der Waals surface area (Å²) in [5, 5.41) is 11.3. The fourth-order valence-electron chi connectivity index (χ4n) is 1.85. The standard InChI is InChI=1S/C15H14N2O4/c18-13(19)7-6-10-3-1-4-11(9-10)17-15(21)12-5-2-8-16-14(12)20/h1-5,8-9H,6-7H2,(H,16,20)(H,17,21)(H,18,19). The summed E-state index contributed by atoms with van der Waals surface area (Å²) in [5.41, 5.74) is 0.883. The van der Waals surface area contributed by atoms with Gasteiger partial charge < -0.3 is 15.4 Å². The number of carbonyl (C=O) groups is 2. The third kappa shape index (κ3) is 4.04. The second-order valence-electron chi connectivity index (χ2n) is 4.46. The molecule has 0 radical (unpaired) electrons. The van der Waals surface area contributed by atoms with Gasteiger partial charge in [-0.2, -0.15) is 0 Å². The molecule has 0 atom stereocenters. The van der Waals surface area contributed by atoms with Gasteiger partial charge in [-0.05, 0) is 36.2 Å². The lowest BCUT2D eigenvalue weighted by atomic mass is 10.1. The Bertz CT molecular complexity index is 721. The molecule has 6 heteroatoms. The summed E-state index contributed by atoms with van der Waals surface area (Å²) in [6, 6.07) is 9.88. The number of amides is 1. The summed E-state index contributed by atoms with van der Waals surface area (Å²) in [6.45, 7) is 0. The van der Waals surface area contributed by atoms with Crippen molar-refractivity contribution < 1.29 is 14.7 Å². The van der Waals surface area contributed by atoms with Crippen molar-refractivity contribution in [3.8, 4) is 0 Å². The van der Waals surface area contributed by atoms with Crippen molar-refractivity contribution >= 4 is 17.6 Å². The molecule has 0 aliphatic rings. The van der Waals surface area contributed by atoms with E-state index in [9.17, 15) is 14.4 Å².